The van der Waals surface area contributed by atoms with E-state index in [0.717, 1.165) is 5.56 Å². The van der Waals surface area contributed by atoms with E-state index in [-0.39, 0.29) is 17.6 Å². The number of carbonyl (C=O) groups is 3. The van der Waals surface area contributed by atoms with Crippen LogP contribution in [0.5, 0.6) is 0 Å². The molecule has 0 bridgehead atoms. The van der Waals surface area contributed by atoms with Crippen molar-refractivity contribution in [3.8, 4) is 0 Å². The lowest BCUT2D eigenvalue weighted by Crippen LogP contribution is -2.32. The lowest BCUT2D eigenvalue weighted by Gasteiger charge is -2.19. The Balaban J connectivity index is 1.76. The molecule has 0 aliphatic carbocycles. The normalized spacial score (nSPS) is 10.9. The van der Waals surface area contributed by atoms with Gasteiger partial charge in [-0.15, -0.1) is 0 Å². The van der Waals surface area contributed by atoms with Crippen LogP contribution in [0.4, 0.5) is 10.1 Å². The molecule has 0 unspecified atom stereocenters. The van der Waals surface area contributed by atoms with Crippen molar-refractivity contribution >= 4 is 23.5 Å². The van der Waals surface area contributed by atoms with Gasteiger partial charge in [0.05, 0.1) is 5.69 Å². The molecule has 0 aromatic heterocycles. The Labute approximate surface area is 163 Å². The summed E-state index contributed by atoms with van der Waals surface area (Å²) in [7, 11) is 0. The zero-order valence-electron chi connectivity index (χ0n) is 16.0. The first-order chi connectivity index (χ1) is 13.2. The summed E-state index contributed by atoms with van der Waals surface area (Å²) in [4.78, 5) is 35.5. The highest BCUT2D eigenvalue weighted by molar-refractivity contribution is 5.96. The number of amides is 2. The molecule has 2 N–H and O–H groups in total. The number of rotatable bonds is 6. The molecule has 0 aliphatic rings. The molecule has 2 aromatic carbocycles. The number of nitrogens with one attached hydrogen (secondary N) is 2. The van der Waals surface area contributed by atoms with E-state index in [1.165, 1.54) is 18.2 Å². The largest absolute Gasteiger partial charge is 0.454 e. The lowest BCUT2D eigenvalue weighted by atomic mass is 9.87. The second-order valence-electron chi connectivity index (χ2n) is 7.20. The quantitative estimate of drug-likeness (QED) is 0.748. The second-order valence-corrected chi connectivity index (χ2v) is 7.20. The molecule has 6 nitrogen and oxygen atoms in total. The van der Waals surface area contributed by atoms with Crippen molar-refractivity contribution in [2.75, 3.05) is 18.5 Å². The first kappa shape index (κ1) is 21.1. The van der Waals surface area contributed by atoms with Gasteiger partial charge >= 0.3 is 5.97 Å². The Bertz CT molecular complexity index is 857. The number of benzene rings is 2. The minimum atomic E-state index is -0.775. The number of carbonyl (C=O) groups excluding carboxylic acids is 3. The predicted octanol–water partition coefficient (Wildman–Crippen LogP) is 3.03. The summed E-state index contributed by atoms with van der Waals surface area (Å²) < 4.78 is 18.2. The van der Waals surface area contributed by atoms with E-state index in [2.05, 4.69) is 31.4 Å². The van der Waals surface area contributed by atoms with E-state index in [0.29, 0.717) is 5.56 Å². The Morgan fingerprint density at radius 1 is 1.00 bits per heavy atom. The third-order valence-corrected chi connectivity index (χ3v) is 3.92. The van der Waals surface area contributed by atoms with E-state index in [1.807, 2.05) is 12.1 Å². The molecule has 2 aromatic rings. The Morgan fingerprint density at radius 2 is 1.64 bits per heavy atom. The van der Waals surface area contributed by atoms with Crippen LogP contribution in [-0.4, -0.2) is 30.9 Å². The second kappa shape index (κ2) is 9.12. The topological polar surface area (TPSA) is 84.5 Å². The van der Waals surface area contributed by atoms with Crippen molar-refractivity contribution in [1.29, 1.82) is 0 Å². The molecule has 2 amide bonds. The summed E-state index contributed by atoms with van der Waals surface area (Å²) in [6, 6.07) is 12.7. The summed E-state index contributed by atoms with van der Waals surface area (Å²) in [6.07, 6.45) is 0. The highest BCUT2D eigenvalue weighted by atomic mass is 19.1. The van der Waals surface area contributed by atoms with Gasteiger partial charge in [0.1, 0.15) is 12.4 Å². The van der Waals surface area contributed by atoms with E-state index in [9.17, 15) is 18.8 Å². The van der Waals surface area contributed by atoms with Crippen LogP contribution < -0.4 is 10.6 Å². The maximum Gasteiger partial charge on any atom is 0.325 e. The van der Waals surface area contributed by atoms with Gasteiger partial charge in [-0.25, -0.2) is 4.39 Å². The molecular weight excluding hydrogens is 363 g/mol. The van der Waals surface area contributed by atoms with E-state index < -0.39 is 30.2 Å². The number of anilines is 1. The first-order valence-corrected chi connectivity index (χ1v) is 8.75. The zero-order chi connectivity index (χ0) is 20.7. The van der Waals surface area contributed by atoms with Crippen LogP contribution in [-0.2, 0) is 19.7 Å². The molecule has 0 saturated carbocycles. The minimum absolute atomic E-state index is 0.00412. The standard InChI is InChI=1S/C21H23FN2O4/c1-21(2,3)15-10-8-14(9-11-15)20(27)23-12-19(26)28-13-18(25)24-17-7-5-4-6-16(17)22/h4-11H,12-13H2,1-3H3,(H,23,27)(H,24,25). The smallest absolute Gasteiger partial charge is 0.325 e. The molecule has 0 heterocycles. The van der Waals surface area contributed by atoms with Crippen molar-refractivity contribution in [3.05, 3.63) is 65.5 Å². The predicted molar refractivity (Wildman–Crippen MR) is 103 cm³/mol. The van der Waals surface area contributed by atoms with Crippen molar-refractivity contribution in [1.82, 2.24) is 5.32 Å². The van der Waals surface area contributed by atoms with Crippen LogP contribution in [0.2, 0.25) is 0 Å². The van der Waals surface area contributed by atoms with Crippen LogP contribution in [0.1, 0.15) is 36.7 Å². The van der Waals surface area contributed by atoms with Crippen molar-refractivity contribution in [2.45, 2.75) is 26.2 Å². The van der Waals surface area contributed by atoms with Gasteiger partial charge in [-0.3, -0.25) is 14.4 Å². The molecule has 0 spiro atoms. The fourth-order valence-electron chi connectivity index (χ4n) is 2.32. The maximum absolute atomic E-state index is 13.4. The number of hydrogen-bond donors (Lipinski definition) is 2. The average Bonchev–Trinajstić information content (AvgIpc) is 2.65. The molecule has 0 fully saturated rings. The van der Waals surface area contributed by atoms with Crippen LogP contribution >= 0.6 is 0 Å². The lowest BCUT2D eigenvalue weighted by molar-refractivity contribution is -0.146. The monoisotopic (exact) mass is 386 g/mol. The molecular formula is C21H23FN2O4. The Kier molecular flexibility index (Phi) is 6.87. The Hall–Kier alpha value is -3.22. The molecule has 7 heteroatoms. The highest BCUT2D eigenvalue weighted by Crippen LogP contribution is 2.22. The summed E-state index contributed by atoms with van der Waals surface area (Å²) in [5, 5.41) is 4.73. The van der Waals surface area contributed by atoms with Gasteiger partial charge < -0.3 is 15.4 Å². The molecule has 28 heavy (non-hydrogen) atoms. The van der Waals surface area contributed by atoms with Crippen LogP contribution in [0.15, 0.2) is 48.5 Å². The van der Waals surface area contributed by atoms with Crippen molar-refractivity contribution < 1.29 is 23.5 Å². The summed E-state index contributed by atoms with van der Waals surface area (Å²) >= 11 is 0. The van der Waals surface area contributed by atoms with Gasteiger partial charge in [-0.2, -0.15) is 0 Å². The maximum atomic E-state index is 13.4. The number of esters is 1. The average molecular weight is 386 g/mol. The molecule has 0 atom stereocenters. The number of ether oxygens (including phenoxy) is 1. The van der Waals surface area contributed by atoms with E-state index in [1.54, 1.807) is 18.2 Å². The number of para-hydroxylation sites is 1. The van der Waals surface area contributed by atoms with Gasteiger partial charge in [-0.1, -0.05) is 45.0 Å². The number of hydrogen-bond acceptors (Lipinski definition) is 4. The fourth-order valence-corrected chi connectivity index (χ4v) is 2.32. The van der Waals surface area contributed by atoms with Gasteiger partial charge in [0, 0.05) is 5.56 Å². The summed E-state index contributed by atoms with van der Waals surface area (Å²) in [6.45, 7) is 5.25. The SMILES string of the molecule is CC(C)(C)c1ccc(C(=O)NCC(=O)OCC(=O)Nc2ccccc2F)cc1. The van der Waals surface area contributed by atoms with E-state index in [4.69, 9.17) is 4.74 Å². The van der Waals surface area contributed by atoms with Crippen LogP contribution in [0, 0.1) is 5.82 Å². The van der Waals surface area contributed by atoms with Crippen molar-refractivity contribution in [3.63, 3.8) is 0 Å². The molecule has 2 rings (SSSR count). The van der Waals surface area contributed by atoms with Crippen LogP contribution in [0.25, 0.3) is 0 Å². The van der Waals surface area contributed by atoms with Gasteiger partial charge in [-0.05, 0) is 35.2 Å². The zero-order valence-corrected chi connectivity index (χ0v) is 16.0. The first-order valence-electron chi connectivity index (χ1n) is 8.75. The summed E-state index contributed by atoms with van der Waals surface area (Å²) in [5.41, 5.74) is 1.47. The highest BCUT2D eigenvalue weighted by Gasteiger charge is 2.15. The molecule has 0 saturated heterocycles. The Morgan fingerprint density at radius 3 is 2.25 bits per heavy atom. The van der Waals surface area contributed by atoms with Crippen molar-refractivity contribution in [2.24, 2.45) is 0 Å². The van der Waals surface area contributed by atoms with E-state index >= 15 is 0 Å². The fraction of sp³-hybridized carbons (Fsp3) is 0.286. The molecule has 148 valence electrons. The number of halogens is 1. The van der Waals surface area contributed by atoms with Crippen LogP contribution in [0.3, 0.4) is 0 Å². The molecule has 0 radical (unpaired) electrons. The minimum Gasteiger partial charge on any atom is -0.454 e. The summed E-state index contributed by atoms with van der Waals surface area (Å²) in [5.74, 6) is -2.47. The third-order valence-electron chi connectivity index (χ3n) is 3.92. The molecule has 0 aliphatic heterocycles. The van der Waals surface area contributed by atoms with Gasteiger partial charge in [0.2, 0.25) is 0 Å². The van der Waals surface area contributed by atoms with Gasteiger partial charge in [0.25, 0.3) is 11.8 Å². The van der Waals surface area contributed by atoms with Gasteiger partial charge in [0.15, 0.2) is 6.61 Å². The third kappa shape index (κ3) is 6.19.